The van der Waals surface area contributed by atoms with Gasteiger partial charge in [0.05, 0.1) is 5.60 Å². The zero-order chi connectivity index (χ0) is 12.0. The number of aliphatic hydroxyl groups is 1. The van der Waals surface area contributed by atoms with Crippen LogP contribution in [0, 0.1) is 5.41 Å². The molecule has 0 unspecified atom stereocenters. The standard InChI is InChI=1S/C13H25NO2/c1-11(2,12(3,4)15)14-9-13(10-14)5-7-16-8-6-13/h15H,5-10H2,1-4H3. The van der Waals surface area contributed by atoms with Gasteiger partial charge in [-0.15, -0.1) is 0 Å². The molecule has 94 valence electrons. The predicted octanol–water partition coefficient (Wildman–Crippen LogP) is 1.65. The summed E-state index contributed by atoms with van der Waals surface area (Å²) in [5.74, 6) is 0. The van der Waals surface area contributed by atoms with Crippen LogP contribution < -0.4 is 0 Å². The molecule has 0 bridgehead atoms. The molecule has 0 amide bonds. The summed E-state index contributed by atoms with van der Waals surface area (Å²) in [6.45, 7) is 12.1. The maximum Gasteiger partial charge on any atom is 0.0769 e. The van der Waals surface area contributed by atoms with E-state index in [2.05, 4.69) is 18.7 Å². The third-order valence-electron chi connectivity index (χ3n) is 4.89. The first kappa shape index (κ1) is 12.3. The Bertz CT molecular complexity index is 254. The molecule has 1 spiro atoms. The molecule has 2 rings (SSSR count). The summed E-state index contributed by atoms with van der Waals surface area (Å²) in [5, 5.41) is 10.2. The van der Waals surface area contributed by atoms with Gasteiger partial charge in [-0.05, 0) is 40.5 Å². The fourth-order valence-electron chi connectivity index (χ4n) is 2.67. The number of ether oxygens (including phenoxy) is 1. The van der Waals surface area contributed by atoms with E-state index in [0.717, 1.165) is 26.3 Å². The van der Waals surface area contributed by atoms with Crippen molar-refractivity contribution in [3.8, 4) is 0 Å². The molecule has 0 radical (unpaired) electrons. The Hall–Kier alpha value is -0.120. The summed E-state index contributed by atoms with van der Waals surface area (Å²) in [6, 6.07) is 0. The highest BCUT2D eigenvalue weighted by Crippen LogP contribution is 2.45. The van der Waals surface area contributed by atoms with Crippen molar-refractivity contribution in [3.63, 3.8) is 0 Å². The average Bonchev–Trinajstić information content (AvgIpc) is 2.13. The molecular formula is C13H25NO2. The molecule has 0 aromatic rings. The molecule has 2 fully saturated rings. The van der Waals surface area contributed by atoms with Gasteiger partial charge in [0.25, 0.3) is 0 Å². The van der Waals surface area contributed by atoms with Crippen LogP contribution in [0.25, 0.3) is 0 Å². The summed E-state index contributed by atoms with van der Waals surface area (Å²) in [5.41, 5.74) is -0.308. The lowest BCUT2D eigenvalue weighted by molar-refractivity contribution is -0.166. The summed E-state index contributed by atoms with van der Waals surface area (Å²) >= 11 is 0. The second-order valence-electron chi connectivity index (χ2n) is 6.59. The van der Waals surface area contributed by atoms with Gasteiger partial charge in [-0.3, -0.25) is 4.90 Å². The molecule has 3 nitrogen and oxygen atoms in total. The second-order valence-corrected chi connectivity index (χ2v) is 6.59. The first-order valence-corrected chi connectivity index (χ1v) is 6.32. The average molecular weight is 227 g/mol. The summed E-state index contributed by atoms with van der Waals surface area (Å²) < 4.78 is 5.42. The van der Waals surface area contributed by atoms with Gasteiger partial charge in [-0.1, -0.05) is 0 Å². The van der Waals surface area contributed by atoms with Crippen molar-refractivity contribution < 1.29 is 9.84 Å². The van der Waals surface area contributed by atoms with Gasteiger partial charge in [-0.2, -0.15) is 0 Å². The quantitative estimate of drug-likeness (QED) is 0.778. The van der Waals surface area contributed by atoms with Crippen LogP contribution in [0.2, 0.25) is 0 Å². The van der Waals surface area contributed by atoms with Gasteiger partial charge < -0.3 is 9.84 Å². The first-order chi connectivity index (χ1) is 7.27. The molecule has 2 aliphatic rings. The Balaban J connectivity index is 1.97. The highest BCUT2D eigenvalue weighted by molar-refractivity contribution is 5.06. The highest BCUT2D eigenvalue weighted by Gasteiger charge is 2.52. The molecule has 2 heterocycles. The molecule has 0 saturated carbocycles. The van der Waals surface area contributed by atoms with Crippen LogP contribution >= 0.6 is 0 Å². The van der Waals surface area contributed by atoms with E-state index in [-0.39, 0.29) is 5.54 Å². The summed E-state index contributed by atoms with van der Waals surface area (Å²) in [7, 11) is 0. The van der Waals surface area contributed by atoms with E-state index in [1.165, 1.54) is 12.8 Å². The van der Waals surface area contributed by atoms with E-state index in [0.29, 0.717) is 5.41 Å². The van der Waals surface area contributed by atoms with Crippen molar-refractivity contribution in [1.82, 2.24) is 4.90 Å². The van der Waals surface area contributed by atoms with Crippen LogP contribution in [0.3, 0.4) is 0 Å². The third-order valence-corrected chi connectivity index (χ3v) is 4.89. The number of nitrogens with zero attached hydrogens (tertiary/aromatic N) is 1. The SMILES string of the molecule is CC(C)(O)C(C)(C)N1CC2(CCOCC2)C1. The van der Waals surface area contributed by atoms with Crippen LogP contribution in [0.15, 0.2) is 0 Å². The summed E-state index contributed by atoms with van der Waals surface area (Å²) in [4.78, 5) is 2.42. The van der Waals surface area contributed by atoms with Crippen LogP contribution in [0.1, 0.15) is 40.5 Å². The molecule has 0 aromatic heterocycles. The lowest BCUT2D eigenvalue weighted by Gasteiger charge is -2.60. The van der Waals surface area contributed by atoms with E-state index in [4.69, 9.17) is 4.74 Å². The zero-order valence-electron chi connectivity index (χ0n) is 11.0. The summed E-state index contributed by atoms with van der Waals surface area (Å²) in [6.07, 6.45) is 2.37. The lowest BCUT2D eigenvalue weighted by Crippen LogP contribution is -2.70. The van der Waals surface area contributed by atoms with Crippen LogP contribution in [-0.4, -0.2) is 47.4 Å². The zero-order valence-corrected chi connectivity index (χ0v) is 11.0. The maximum atomic E-state index is 10.2. The number of rotatable bonds is 2. The van der Waals surface area contributed by atoms with Gasteiger partial charge in [0.1, 0.15) is 0 Å². The van der Waals surface area contributed by atoms with E-state index < -0.39 is 5.60 Å². The van der Waals surface area contributed by atoms with E-state index in [1.807, 2.05) is 13.8 Å². The predicted molar refractivity (Wildman–Crippen MR) is 64.4 cm³/mol. The minimum absolute atomic E-state index is 0.142. The fourth-order valence-corrected chi connectivity index (χ4v) is 2.67. The topological polar surface area (TPSA) is 32.7 Å². The second kappa shape index (κ2) is 3.69. The smallest absolute Gasteiger partial charge is 0.0769 e. The Labute approximate surface area is 98.8 Å². The van der Waals surface area contributed by atoms with Crippen LogP contribution in [0.5, 0.6) is 0 Å². The van der Waals surface area contributed by atoms with Crippen molar-refractivity contribution in [2.75, 3.05) is 26.3 Å². The minimum atomic E-state index is -0.653. The molecule has 2 aliphatic heterocycles. The molecule has 0 aromatic carbocycles. The molecule has 3 heteroatoms. The molecule has 0 atom stereocenters. The Morgan fingerprint density at radius 3 is 2.00 bits per heavy atom. The van der Waals surface area contributed by atoms with Crippen molar-refractivity contribution in [3.05, 3.63) is 0 Å². The minimum Gasteiger partial charge on any atom is -0.389 e. The van der Waals surface area contributed by atoms with Gasteiger partial charge >= 0.3 is 0 Å². The molecule has 16 heavy (non-hydrogen) atoms. The monoisotopic (exact) mass is 227 g/mol. The third kappa shape index (κ3) is 1.89. The van der Waals surface area contributed by atoms with E-state index >= 15 is 0 Å². The normalized spacial score (nSPS) is 26.8. The Kier molecular flexibility index (Phi) is 2.84. The van der Waals surface area contributed by atoms with Gasteiger partial charge in [-0.25, -0.2) is 0 Å². The fraction of sp³-hybridized carbons (Fsp3) is 1.00. The number of hydrogen-bond acceptors (Lipinski definition) is 3. The molecular weight excluding hydrogens is 202 g/mol. The lowest BCUT2D eigenvalue weighted by atomic mass is 9.69. The number of hydrogen-bond donors (Lipinski definition) is 1. The maximum absolute atomic E-state index is 10.2. The molecule has 1 N–H and O–H groups in total. The van der Waals surface area contributed by atoms with E-state index in [9.17, 15) is 5.11 Å². The van der Waals surface area contributed by atoms with Crippen molar-refractivity contribution in [2.24, 2.45) is 5.41 Å². The highest BCUT2D eigenvalue weighted by atomic mass is 16.5. The van der Waals surface area contributed by atoms with Crippen molar-refractivity contribution >= 4 is 0 Å². The van der Waals surface area contributed by atoms with Gasteiger partial charge in [0, 0.05) is 37.3 Å². The van der Waals surface area contributed by atoms with Gasteiger partial charge in [0.15, 0.2) is 0 Å². The molecule has 0 aliphatic carbocycles. The van der Waals surface area contributed by atoms with Crippen LogP contribution in [0.4, 0.5) is 0 Å². The molecule has 2 saturated heterocycles. The largest absolute Gasteiger partial charge is 0.389 e. The van der Waals surface area contributed by atoms with E-state index in [1.54, 1.807) is 0 Å². The number of likely N-dealkylation sites (tertiary alicyclic amines) is 1. The Morgan fingerprint density at radius 1 is 1.06 bits per heavy atom. The van der Waals surface area contributed by atoms with Crippen molar-refractivity contribution in [1.29, 1.82) is 0 Å². The Morgan fingerprint density at radius 2 is 1.56 bits per heavy atom. The van der Waals surface area contributed by atoms with Crippen molar-refractivity contribution in [2.45, 2.75) is 51.7 Å². The van der Waals surface area contributed by atoms with Gasteiger partial charge in [0.2, 0.25) is 0 Å². The van der Waals surface area contributed by atoms with Crippen LogP contribution in [-0.2, 0) is 4.74 Å². The first-order valence-electron chi connectivity index (χ1n) is 6.32.